The van der Waals surface area contributed by atoms with E-state index in [0.29, 0.717) is 25.0 Å². The third kappa shape index (κ3) is 5.21. The lowest BCUT2D eigenvalue weighted by atomic mass is 9.84. The van der Waals surface area contributed by atoms with Gasteiger partial charge < -0.3 is 9.84 Å². The second kappa shape index (κ2) is 7.25. The molecule has 1 rings (SSSR count). The van der Waals surface area contributed by atoms with Crippen LogP contribution in [-0.4, -0.2) is 23.7 Å². The summed E-state index contributed by atoms with van der Waals surface area (Å²) < 4.78 is 5.11. The maximum absolute atomic E-state index is 12.1. The van der Waals surface area contributed by atoms with Crippen LogP contribution in [0.2, 0.25) is 0 Å². The fraction of sp³-hybridized carbons (Fsp3) is 0.529. The van der Waals surface area contributed by atoms with Gasteiger partial charge >= 0.3 is 11.9 Å². The zero-order valence-corrected chi connectivity index (χ0v) is 13.2. The molecular weight excluding hydrogens is 268 g/mol. The number of esters is 1. The molecule has 4 nitrogen and oxygen atoms in total. The lowest BCUT2D eigenvalue weighted by molar-refractivity contribution is -0.137. The van der Waals surface area contributed by atoms with Crippen LogP contribution in [0.25, 0.3) is 0 Å². The molecule has 0 aromatic heterocycles. The maximum atomic E-state index is 12.1. The molecule has 0 radical (unpaired) electrons. The lowest BCUT2D eigenvalue weighted by Crippen LogP contribution is -2.15. The number of benzene rings is 1. The Bertz CT molecular complexity index is 512. The third-order valence-electron chi connectivity index (χ3n) is 3.31. The number of aliphatic carboxylic acids is 1. The Morgan fingerprint density at radius 3 is 2.43 bits per heavy atom. The molecular formula is C17H24O4. The van der Waals surface area contributed by atoms with Crippen LogP contribution in [0, 0.1) is 0 Å². The largest absolute Gasteiger partial charge is 0.481 e. The van der Waals surface area contributed by atoms with Crippen LogP contribution < -0.4 is 0 Å². The Labute approximate surface area is 126 Å². The molecule has 0 atom stereocenters. The van der Waals surface area contributed by atoms with Crippen LogP contribution in [0.3, 0.4) is 0 Å². The zero-order valence-electron chi connectivity index (χ0n) is 13.2. The normalized spacial score (nSPS) is 11.2. The molecule has 0 unspecified atom stereocenters. The standard InChI is InChI=1S/C17H24O4/c1-5-21-16(20)14-11-13(17(2,3)4)10-9-12(14)7-6-8-15(18)19/h9-11H,5-8H2,1-4H3,(H,18,19). The third-order valence-corrected chi connectivity index (χ3v) is 3.31. The minimum atomic E-state index is -0.820. The van der Waals surface area contributed by atoms with E-state index in [2.05, 4.69) is 20.8 Å². The fourth-order valence-corrected chi connectivity index (χ4v) is 2.09. The van der Waals surface area contributed by atoms with Gasteiger partial charge in [-0.3, -0.25) is 4.79 Å². The smallest absolute Gasteiger partial charge is 0.338 e. The second-order valence-electron chi connectivity index (χ2n) is 6.09. The number of ether oxygens (including phenoxy) is 1. The maximum Gasteiger partial charge on any atom is 0.338 e. The minimum Gasteiger partial charge on any atom is -0.481 e. The number of carboxylic acids is 1. The summed E-state index contributed by atoms with van der Waals surface area (Å²) in [5.74, 6) is -1.16. The van der Waals surface area contributed by atoms with Crippen LogP contribution >= 0.6 is 0 Å². The van der Waals surface area contributed by atoms with Gasteiger partial charge in [-0.2, -0.15) is 0 Å². The van der Waals surface area contributed by atoms with Gasteiger partial charge in [-0.25, -0.2) is 4.79 Å². The Kier molecular flexibility index (Phi) is 5.94. The van der Waals surface area contributed by atoms with Crippen molar-refractivity contribution in [2.45, 2.75) is 52.4 Å². The molecule has 1 aromatic carbocycles. The number of carbonyl (C=O) groups excluding carboxylic acids is 1. The molecule has 0 fully saturated rings. The zero-order chi connectivity index (χ0) is 16.0. The van der Waals surface area contributed by atoms with Gasteiger partial charge in [0.2, 0.25) is 0 Å². The quantitative estimate of drug-likeness (QED) is 0.814. The highest BCUT2D eigenvalue weighted by atomic mass is 16.5. The van der Waals surface area contributed by atoms with Crippen molar-refractivity contribution < 1.29 is 19.4 Å². The van der Waals surface area contributed by atoms with E-state index in [0.717, 1.165) is 11.1 Å². The van der Waals surface area contributed by atoms with E-state index >= 15 is 0 Å². The highest BCUT2D eigenvalue weighted by Gasteiger charge is 2.19. The molecule has 0 aliphatic heterocycles. The van der Waals surface area contributed by atoms with Gasteiger partial charge in [0, 0.05) is 6.42 Å². The molecule has 0 saturated heterocycles. The highest BCUT2D eigenvalue weighted by Crippen LogP contribution is 2.26. The van der Waals surface area contributed by atoms with Gasteiger partial charge in [0.15, 0.2) is 0 Å². The van der Waals surface area contributed by atoms with Crippen molar-refractivity contribution in [3.05, 3.63) is 34.9 Å². The summed E-state index contributed by atoms with van der Waals surface area (Å²) >= 11 is 0. The van der Waals surface area contributed by atoms with E-state index in [-0.39, 0.29) is 17.8 Å². The van der Waals surface area contributed by atoms with Crippen LogP contribution in [0.4, 0.5) is 0 Å². The van der Waals surface area contributed by atoms with Crippen molar-refractivity contribution in [2.24, 2.45) is 0 Å². The minimum absolute atomic E-state index is 0.0547. The number of aryl methyl sites for hydroxylation is 1. The summed E-state index contributed by atoms with van der Waals surface area (Å²) in [7, 11) is 0. The predicted octanol–water partition coefficient (Wildman–Crippen LogP) is 3.57. The van der Waals surface area contributed by atoms with E-state index in [1.54, 1.807) is 6.92 Å². The van der Waals surface area contributed by atoms with Crippen LogP contribution in [0.15, 0.2) is 18.2 Å². The predicted molar refractivity (Wildman–Crippen MR) is 81.7 cm³/mol. The van der Waals surface area contributed by atoms with E-state index in [1.165, 1.54) is 0 Å². The van der Waals surface area contributed by atoms with E-state index in [4.69, 9.17) is 9.84 Å². The molecule has 0 aliphatic carbocycles. The SMILES string of the molecule is CCOC(=O)c1cc(C(C)(C)C)ccc1CCCC(=O)O. The van der Waals surface area contributed by atoms with Gasteiger partial charge in [-0.1, -0.05) is 32.9 Å². The summed E-state index contributed by atoms with van der Waals surface area (Å²) in [6.07, 6.45) is 1.17. The molecule has 0 bridgehead atoms. The first-order valence-electron chi connectivity index (χ1n) is 7.28. The number of carbonyl (C=O) groups is 2. The van der Waals surface area contributed by atoms with E-state index < -0.39 is 5.97 Å². The summed E-state index contributed by atoms with van der Waals surface area (Å²) in [5.41, 5.74) is 2.41. The molecule has 116 valence electrons. The Balaban J connectivity index is 3.05. The topological polar surface area (TPSA) is 63.6 Å². The Hall–Kier alpha value is -1.84. The average Bonchev–Trinajstić information content (AvgIpc) is 2.37. The molecule has 0 aliphatic rings. The Morgan fingerprint density at radius 1 is 1.24 bits per heavy atom. The number of hydrogen-bond acceptors (Lipinski definition) is 3. The number of carboxylic acid groups (broad SMARTS) is 1. The Morgan fingerprint density at radius 2 is 1.90 bits per heavy atom. The molecule has 0 heterocycles. The average molecular weight is 292 g/mol. The first kappa shape index (κ1) is 17.2. The van der Waals surface area contributed by atoms with Crippen molar-refractivity contribution in [3.8, 4) is 0 Å². The monoisotopic (exact) mass is 292 g/mol. The van der Waals surface area contributed by atoms with Crippen molar-refractivity contribution >= 4 is 11.9 Å². The second-order valence-corrected chi connectivity index (χ2v) is 6.09. The van der Waals surface area contributed by atoms with Gasteiger partial charge in [0.05, 0.1) is 12.2 Å². The van der Waals surface area contributed by atoms with E-state index in [1.807, 2.05) is 18.2 Å². The van der Waals surface area contributed by atoms with Gasteiger partial charge in [-0.15, -0.1) is 0 Å². The van der Waals surface area contributed by atoms with Crippen molar-refractivity contribution in [1.29, 1.82) is 0 Å². The van der Waals surface area contributed by atoms with Crippen LogP contribution in [0.1, 0.15) is 62.0 Å². The van der Waals surface area contributed by atoms with Crippen LogP contribution in [-0.2, 0) is 21.4 Å². The molecule has 1 N–H and O–H groups in total. The van der Waals surface area contributed by atoms with Crippen molar-refractivity contribution in [1.82, 2.24) is 0 Å². The van der Waals surface area contributed by atoms with Gasteiger partial charge in [0.1, 0.15) is 0 Å². The summed E-state index contributed by atoms with van der Waals surface area (Å²) in [6, 6.07) is 5.78. The van der Waals surface area contributed by atoms with Crippen molar-refractivity contribution in [2.75, 3.05) is 6.61 Å². The molecule has 21 heavy (non-hydrogen) atoms. The van der Waals surface area contributed by atoms with E-state index in [9.17, 15) is 9.59 Å². The number of hydrogen-bond donors (Lipinski definition) is 1. The fourth-order valence-electron chi connectivity index (χ4n) is 2.09. The molecule has 0 spiro atoms. The molecule has 0 saturated carbocycles. The van der Waals surface area contributed by atoms with Crippen molar-refractivity contribution in [3.63, 3.8) is 0 Å². The van der Waals surface area contributed by atoms with Crippen LogP contribution in [0.5, 0.6) is 0 Å². The molecule has 4 heteroatoms. The molecule has 0 amide bonds. The highest BCUT2D eigenvalue weighted by molar-refractivity contribution is 5.91. The van der Waals surface area contributed by atoms with Gasteiger partial charge in [-0.05, 0) is 42.4 Å². The first-order valence-corrected chi connectivity index (χ1v) is 7.28. The lowest BCUT2D eigenvalue weighted by Gasteiger charge is -2.21. The molecule has 1 aromatic rings. The summed E-state index contributed by atoms with van der Waals surface area (Å²) in [4.78, 5) is 22.7. The summed E-state index contributed by atoms with van der Waals surface area (Å²) in [6.45, 7) is 8.35. The first-order chi connectivity index (χ1) is 9.75. The summed E-state index contributed by atoms with van der Waals surface area (Å²) in [5, 5.41) is 8.71. The number of rotatable bonds is 6. The van der Waals surface area contributed by atoms with Gasteiger partial charge in [0.25, 0.3) is 0 Å².